The summed E-state index contributed by atoms with van der Waals surface area (Å²) in [6.45, 7) is 1.85. The van der Waals surface area contributed by atoms with Gasteiger partial charge in [0, 0.05) is 18.9 Å². The molecule has 1 fully saturated rings. The molecule has 1 saturated heterocycles. The molecule has 3 heterocycles. The van der Waals surface area contributed by atoms with Gasteiger partial charge in [-0.1, -0.05) is 54.2 Å². The predicted molar refractivity (Wildman–Crippen MR) is 138 cm³/mol. The average molecular weight is 488 g/mol. The standard InChI is InChI=1S/C25H21N5O2S2/c1-16(31)27-21-13-12-18(14-26-21)28-25-30(15-17-8-4-3-5-9-17)23(32)22(34-25)24-29(2)19-10-6-7-11-20(19)33-24/h3-14H,15H2,1-2H3,(H,26,27,31)/b24-22+,28-25?. The second kappa shape index (κ2) is 9.36. The van der Waals surface area contributed by atoms with E-state index < -0.39 is 0 Å². The molecule has 5 rings (SSSR count). The Kier molecular flexibility index (Phi) is 6.12. The Morgan fingerprint density at radius 2 is 1.79 bits per heavy atom. The molecule has 2 aliphatic rings. The molecular weight excluding hydrogens is 466 g/mol. The summed E-state index contributed by atoms with van der Waals surface area (Å²) < 4.78 is 0. The number of anilines is 2. The number of para-hydroxylation sites is 1. The van der Waals surface area contributed by atoms with E-state index in [1.54, 1.807) is 35.0 Å². The Balaban J connectivity index is 1.51. The van der Waals surface area contributed by atoms with Gasteiger partial charge in [0.25, 0.3) is 5.91 Å². The van der Waals surface area contributed by atoms with Crippen LogP contribution in [0.25, 0.3) is 0 Å². The van der Waals surface area contributed by atoms with Crippen molar-refractivity contribution in [3.05, 3.63) is 88.4 Å². The molecule has 0 aliphatic carbocycles. The summed E-state index contributed by atoms with van der Waals surface area (Å²) in [5.41, 5.74) is 2.70. The van der Waals surface area contributed by atoms with Crippen LogP contribution in [-0.2, 0) is 16.1 Å². The molecule has 0 bridgehead atoms. The van der Waals surface area contributed by atoms with Crippen molar-refractivity contribution >= 4 is 57.7 Å². The molecular formula is C25H21N5O2S2. The van der Waals surface area contributed by atoms with Gasteiger partial charge in [0.15, 0.2) is 5.17 Å². The number of pyridine rings is 1. The summed E-state index contributed by atoms with van der Waals surface area (Å²) >= 11 is 2.97. The lowest BCUT2D eigenvalue weighted by atomic mass is 10.2. The van der Waals surface area contributed by atoms with E-state index in [0.29, 0.717) is 28.1 Å². The van der Waals surface area contributed by atoms with Crippen LogP contribution in [0.3, 0.4) is 0 Å². The minimum absolute atomic E-state index is 0.0717. The number of nitrogens with one attached hydrogen (secondary N) is 1. The maximum absolute atomic E-state index is 13.6. The second-order valence-corrected chi connectivity index (χ2v) is 9.73. The Morgan fingerprint density at radius 1 is 1.03 bits per heavy atom. The number of amidine groups is 1. The summed E-state index contributed by atoms with van der Waals surface area (Å²) in [6.07, 6.45) is 1.58. The van der Waals surface area contributed by atoms with E-state index in [9.17, 15) is 9.59 Å². The van der Waals surface area contributed by atoms with Crippen LogP contribution in [0.1, 0.15) is 12.5 Å². The fourth-order valence-corrected chi connectivity index (χ4v) is 5.98. The van der Waals surface area contributed by atoms with Gasteiger partial charge >= 0.3 is 0 Å². The molecule has 34 heavy (non-hydrogen) atoms. The normalized spacial score (nSPS) is 18.5. The van der Waals surface area contributed by atoms with Crippen LogP contribution in [0.5, 0.6) is 0 Å². The summed E-state index contributed by atoms with van der Waals surface area (Å²) in [5.74, 6) is 0.197. The number of carbonyl (C=O) groups is 2. The minimum Gasteiger partial charge on any atom is -0.337 e. The third-order valence-corrected chi connectivity index (χ3v) is 7.69. The summed E-state index contributed by atoms with van der Waals surface area (Å²) in [6, 6.07) is 21.5. The number of amides is 2. The van der Waals surface area contributed by atoms with E-state index in [1.807, 2.05) is 49.5 Å². The van der Waals surface area contributed by atoms with Crippen LogP contribution < -0.4 is 10.2 Å². The number of rotatable bonds is 4. The van der Waals surface area contributed by atoms with E-state index in [2.05, 4.69) is 27.3 Å². The Hall–Kier alpha value is -3.56. The van der Waals surface area contributed by atoms with Gasteiger partial charge in [0.05, 0.1) is 29.1 Å². The zero-order valence-corrected chi connectivity index (χ0v) is 20.2. The molecule has 0 atom stereocenters. The topological polar surface area (TPSA) is 77.9 Å². The van der Waals surface area contributed by atoms with Gasteiger partial charge < -0.3 is 10.2 Å². The third-order valence-electron chi connectivity index (χ3n) is 5.26. The maximum Gasteiger partial charge on any atom is 0.269 e. The number of hydrogen-bond acceptors (Lipinski definition) is 7. The van der Waals surface area contributed by atoms with Crippen molar-refractivity contribution in [2.75, 3.05) is 17.3 Å². The molecule has 170 valence electrons. The smallest absolute Gasteiger partial charge is 0.269 e. The lowest BCUT2D eigenvalue weighted by molar-refractivity contribution is -0.122. The molecule has 2 aliphatic heterocycles. The van der Waals surface area contributed by atoms with Crippen LogP contribution in [0.15, 0.2) is 92.7 Å². The van der Waals surface area contributed by atoms with Crippen molar-refractivity contribution in [1.29, 1.82) is 0 Å². The van der Waals surface area contributed by atoms with Crippen LogP contribution in [-0.4, -0.2) is 33.9 Å². The molecule has 0 unspecified atom stereocenters. The number of aliphatic imine (C=N–C) groups is 1. The first-order valence-electron chi connectivity index (χ1n) is 10.6. The van der Waals surface area contributed by atoms with E-state index in [-0.39, 0.29) is 11.8 Å². The van der Waals surface area contributed by atoms with Crippen LogP contribution in [0.4, 0.5) is 17.2 Å². The van der Waals surface area contributed by atoms with Crippen molar-refractivity contribution < 1.29 is 9.59 Å². The number of aromatic nitrogens is 1. The molecule has 0 radical (unpaired) electrons. The first-order valence-corrected chi connectivity index (χ1v) is 12.2. The highest BCUT2D eigenvalue weighted by Crippen LogP contribution is 2.50. The summed E-state index contributed by atoms with van der Waals surface area (Å²) in [7, 11) is 1.98. The summed E-state index contributed by atoms with van der Waals surface area (Å²) in [4.78, 5) is 39.4. The molecule has 0 spiro atoms. The molecule has 2 amide bonds. The number of thioether (sulfide) groups is 2. The highest BCUT2D eigenvalue weighted by Gasteiger charge is 2.39. The predicted octanol–water partition coefficient (Wildman–Crippen LogP) is 5.21. The average Bonchev–Trinajstić information content (AvgIpc) is 3.32. The Labute approximate surface area is 206 Å². The van der Waals surface area contributed by atoms with Crippen LogP contribution in [0.2, 0.25) is 0 Å². The number of benzene rings is 2. The van der Waals surface area contributed by atoms with E-state index in [4.69, 9.17) is 4.99 Å². The third kappa shape index (κ3) is 4.44. The zero-order valence-electron chi connectivity index (χ0n) is 18.6. The van der Waals surface area contributed by atoms with Crippen LogP contribution in [0, 0.1) is 0 Å². The molecule has 2 aromatic carbocycles. The van der Waals surface area contributed by atoms with Crippen molar-refractivity contribution in [2.45, 2.75) is 18.4 Å². The van der Waals surface area contributed by atoms with Gasteiger partial charge in [-0.05, 0) is 41.6 Å². The van der Waals surface area contributed by atoms with E-state index >= 15 is 0 Å². The zero-order chi connectivity index (χ0) is 23.7. The SMILES string of the molecule is CC(=O)Nc1ccc(N=C2S/C(=C3/Sc4ccccc4N3C)C(=O)N2Cc2ccccc2)cn1. The summed E-state index contributed by atoms with van der Waals surface area (Å²) in [5, 5.41) is 4.14. The van der Waals surface area contributed by atoms with Gasteiger partial charge in [0.2, 0.25) is 5.91 Å². The quantitative estimate of drug-likeness (QED) is 0.509. The van der Waals surface area contributed by atoms with Crippen molar-refractivity contribution in [1.82, 2.24) is 9.88 Å². The van der Waals surface area contributed by atoms with E-state index in [0.717, 1.165) is 21.2 Å². The Morgan fingerprint density at radius 3 is 2.50 bits per heavy atom. The molecule has 1 N–H and O–H groups in total. The number of carbonyl (C=O) groups excluding carboxylic acids is 2. The fourth-order valence-electron chi connectivity index (χ4n) is 3.64. The van der Waals surface area contributed by atoms with Gasteiger partial charge in [0.1, 0.15) is 10.7 Å². The van der Waals surface area contributed by atoms with Crippen molar-refractivity contribution in [3.8, 4) is 0 Å². The highest BCUT2D eigenvalue weighted by molar-refractivity contribution is 8.19. The molecule has 7 nitrogen and oxygen atoms in total. The van der Waals surface area contributed by atoms with Gasteiger partial charge in [-0.25, -0.2) is 9.98 Å². The fraction of sp³-hybridized carbons (Fsp3) is 0.120. The van der Waals surface area contributed by atoms with Crippen molar-refractivity contribution in [3.63, 3.8) is 0 Å². The number of nitrogens with zero attached hydrogens (tertiary/aromatic N) is 4. The molecule has 9 heteroatoms. The molecule has 3 aromatic rings. The van der Waals surface area contributed by atoms with Crippen LogP contribution >= 0.6 is 23.5 Å². The minimum atomic E-state index is -0.187. The van der Waals surface area contributed by atoms with Gasteiger partial charge in [-0.15, -0.1) is 0 Å². The first kappa shape index (κ1) is 22.2. The van der Waals surface area contributed by atoms with Crippen molar-refractivity contribution in [2.24, 2.45) is 4.99 Å². The first-order chi connectivity index (χ1) is 16.5. The Bertz CT molecular complexity index is 1320. The number of hydrogen-bond donors (Lipinski definition) is 1. The monoisotopic (exact) mass is 487 g/mol. The lowest BCUT2D eigenvalue weighted by Gasteiger charge is -2.16. The number of fused-ring (bicyclic) bond motifs is 1. The van der Waals surface area contributed by atoms with Gasteiger partial charge in [-0.3, -0.25) is 14.5 Å². The maximum atomic E-state index is 13.6. The lowest BCUT2D eigenvalue weighted by Crippen LogP contribution is -2.29. The molecule has 0 saturated carbocycles. The largest absolute Gasteiger partial charge is 0.337 e. The van der Waals surface area contributed by atoms with Gasteiger partial charge in [-0.2, -0.15) is 0 Å². The highest BCUT2D eigenvalue weighted by atomic mass is 32.2. The second-order valence-electron chi connectivity index (χ2n) is 7.72. The molecule has 1 aromatic heterocycles. The van der Waals surface area contributed by atoms with E-state index in [1.165, 1.54) is 18.7 Å².